The molecule has 0 aliphatic carbocycles. The maximum absolute atomic E-state index is 2.49. The van der Waals surface area contributed by atoms with Gasteiger partial charge in [-0.05, 0) is 0 Å². The molecule has 1 nitrogen and oxygen atoms in total. The van der Waals surface area contributed by atoms with E-state index >= 15 is 0 Å². The predicted molar refractivity (Wildman–Crippen MR) is 31.6 cm³/mol. The van der Waals surface area contributed by atoms with Crippen molar-refractivity contribution in [3.8, 4) is 0 Å². The molecular weight excluding hydrogens is 213 g/mol. The van der Waals surface area contributed by atoms with Crippen LogP contribution in [0.25, 0.3) is 0 Å². The molecule has 50 valence electrons. The second-order valence-electron chi connectivity index (χ2n) is 2.50. The first kappa shape index (κ1) is 6.81. The van der Waals surface area contributed by atoms with E-state index in [9.17, 15) is 0 Å². The molecule has 8 heavy (non-hydrogen) atoms. The third-order valence-corrected chi connectivity index (χ3v) is 4.10. The normalized spacial score (nSPS) is 28.4. The molecule has 0 saturated carbocycles. The van der Waals surface area contributed by atoms with Gasteiger partial charge in [0.1, 0.15) is 0 Å². The van der Waals surface area contributed by atoms with Crippen LogP contribution in [-0.2, 0) is 0 Å². The third-order valence-electron chi connectivity index (χ3n) is 1.55. The fraction of sp³-hybridized carbons (Fsp3) is 1.00. The molecule has 1 rings (SSSR count). The van der Waals surface area contributed by atoms with E-state index in [0.717, 1.165) is 10.1 Å². The molecule has 1 aliphatic heterocycles. The summed E-state index contributed by atoms with van der Waals surface area (Å²) in [6.07, 6.45) is 0. The summed E-state index contributed by atoms with van der Waals surface area (Å²) in [5.74, 6) is 0. The van der Waals surface area contributed by atoms with Gasteiger partial charge in [-0.2, -0.15) is 0 Å². The van der Waals surface area contributed by atoms with E-state index in [4.69, 9.17) is 0 Å². The van der Waals surface area contributed by atoms with Crippen LogP contribution in [0.5, 0.6) is 0 Å². The van der Waals surface area contributed by atoms with Crippen LogP contribution in [0.3, 0.4) is 0 Å². The Hall–Kier alpha value is 0.690. The van der Waals surface area contributed by atoms with Crippen molar-refractivity contribution < 1.29 is 21.2 Å². The molecule has 0 aromatic heterocycles. The minimum absolute atomic E-state index is 0.626. The molecule has 2 heteroatoms. The van der Waals surface area contributed by atoms with Gasteiger partial charge in [0.15, 0.2) is 0 Å². The minimum atomic E-state index is 0.626. The van der Waals surface area contributed by atoms with Crippen molar-refractivity contribution in [2.24, 2.45) is 0 Å². The van der Waals surface area contributed by atoms with Crippen molar-refractivity contribution in [3.05, 3.63) is 0 Å². The standard InChI is InChI=1S/C6H13IN/c1-5(2)8(3)6-4-7-6/h5-6H,4H2,1-3H3/q-1. The zero-order valence-corrected chi connectivity index (χ0v) is 7.84. The molecule has 1 fully saturated rings. The summed E-state index contributed by atoms with van der Waals surface area (Å²) in [7, 11) is 2.24. The van der Waals surface area contributed by atoms with Crippen LogP contribution in [0.15, 0.2) is 0 Å². The molecular formula is C6H13IN-. The summed E-state index contributed by atoms with van der Waals surface area (Å²) in [5.41, 5.74) is 0. The molecule has 1 aliphatic rings. The first-order chi connectivity index (χ1) is 3.72. The molecule has 0 spiro atoms. The molecule has 0 N–H and O–H groups in total. The third kappa shape index (κ3) is 1.58. The topological polar surface area (TPSA) is 3.24 Å². The zero-order valence-electron chi connectivity index (χ0n) is 5.69. The van der Waals surface area contributed by atoms with E-state index in [1.807, 2.05) is 0 Å². The Balaban J connectivity index is 2.22. The summed E-state index contributed by atoms with van der Waals surface area (Å²) >= 11 is 0.626. The molecule has 0 bridgehead atoms. The molecule has 1 saturated heterocycles. The van der Waals surface area contributed by atoms with E-state index in [1.54, 1.807) is 0 Å². The Morgan fingerprint density at radius 1 is 1.62 bits per heavy atom. The van der Waals surface area contributed by atoms with Crippen molar-refractivity contribution in [2.45, 2.75) is 23.9 Å². The van der Waals surface area contributed by atoms with E-state index in [1.165, 1.54) is 4.43 Å². The number of nitrogens with zero attached hydrogens (tertiary/aromatic N) is 1. The van der Waals surface area contributed by atoms with Crippen LogP contribution in [0.4, 0.5) is 0 Å². The van der Waals surface area contributed by atoms with Gasteiger partial charge in [0, 0.05) is 0 Å². The number of halogens is 1. The fourth-order valence-electron chi connectivity index (χ4n) is 0.581. The number of hydrogen-bond acceptors (Lipinski definition) is 1. The number of rotatable bonds is 2. The molecule has 0 radical (unpaired) electrons. The van der Waals surface area contributed by atoms with Crippen molar-refractivity contribution in [1.29, 1.82) is 0 Å². The van der Waals surface area contributed by atoms with Crippen LogP contribution >= 0.6 is 0 Å². The van der Waals surface area contributed by atoms with E-state index in [0.29, 0.717) is 21.2 Å². The van der Waals surface area contributed by atoms with Crippen molar-refractivity contribution in [2.75, 3.05) is 11.5 Å². The van der Waals surface area contributed by atoms with Gasteiger partial charge in [0.25, 0.3) is 0 Å². The Kier molecular flexibility index (Phi) is 2.14. The number of hydrogen-bond donors (Lipinski definition) is 0. The Labute approximate surface area is 61.7 Å². The predicted octanol–water partition coefficient (Wildman–Crippen LogP) is -2.24. The van der Waals surface area contributed by atoms with Crippen LogP contribution in [0, 0.1) is 0 Å². The maximum atomic E-state index is 2.49. The monoisotopic (exact) mass is 226 g/mol. The van der Waals surface area contributed by atoms with Crippen molar-refractivity contribution >= 4 is 0 Å². The Morgan fingerprint density at radius 3 is 2.25 bits per heavy atom. The SMILES string of the molecule is CC(C)N(C)C1C[I-]1. The van der Waals surface area contributed by atoms with Crippen molar-refractivity contribution in [1.82, 2.24) is 4.90 Å². The summed E-state index contributed by atoms with van der Waals surface area (Å²) in [6, 6.07) is 0.766. The Bertz CT molecular complexity index is 76.6. The van der Waals surface area contributed by atoms with Crippen LogP contribution < -0.4 is 21.2 Å². The van der Waals surface area contributed by atoms with Crippen LogP contribution in [-0.4, -0.2) is 26.5 Å². The summed E-state index contributed by atoms with van der Waals surface area (Å²) in [6.45, 7) is 4.53. The number of alkyl halides is 2. The van der Waals surface area contributed by atoms with Gasteiger partial charge in [0.05, 0.1) is 0 Å². The molecule has 1 heterocycles. The Morgan fingerprint density at radius 2 is 2.12 bits per heavy atom. The molecule has 1 unspecified atom stereocenters. The van der Waals surface area contributed by atoms with E-state index in [2.05, 4.69) is 25.8 Å². The van der Waals surface area contributed by atoms with Gasteiger partial charge in [-0.3, -0.25) is 0 Å². The summed E-state index contributed by atoms with van der Waals surface area (Å²) in [4.78, 5) is 2.49. The van der Waals surface area contributed by atoms with Crippen LogP contribution in [0.2, 0.25) is 0 Å². The van der Waals surface area contributed by atoms with Crippen molar-refractivity contribution in [3.63, 3.8) is 0 Å². The first-order valence-electron chi connectivity index (χ1n) is 3.01. The van der Waals surface area contributed by atoms with Gasteiger partial charge in [-0.1, -0.05) is 0 Å². The van der Waals surface area contributed by atoms with E-state index in [-0.39, 0.29) is 0 Å². The van der Waals surface area contributed by atoms with Gasteiger partial charge in [-0.15, -0.1) is 0 Å². The first-order valence-corrected chi connectivity index (χ1v) is 5.78. The zero-order chi connectivity index (χ0) is 6.15. The van der Waals surface area contributed by atoms with E-state index < -0.39 is 0 Å². The fourth-order valence-corrected chi connectivity index (χ4v) is 2.69. The van der Waals surface area contributed by atoms with Gasteiger partial charge in [-0.25, -0.2) is 0 Å². The second-order valence-corrected chi connectivity index (χ2v) is 5.70. The van der Waals surface area contributed by atoms with Gasteiger partial charge < -0.3 is 0 Å². The second kappa shape index (κ2) is 2.52. The van der Waals surface area contributed by atoms with Crippen LogP contribution in [0.1, 0.15) is 13.8 Å². The molecule has 0 amide bonds. The summed E-state index contributed by atoms with van der Waals surface area (Å²) < 4.78 is 2.57. The van der Waals surface area contributed by atoms with Gasteiger partial charge in [0.2, 0.25) is 0 Å². The molecule has 0 aromatic carbocycles. The molecule has 0 aromatic rings. The van der Waals surface area contributed by atoms with Gasteiger partial charge >= 0.3 is 61.5 Å². The molecule has 1 atom stereocenters. The summed E-state index contributed by atoms with van der Waals surface area (Å²) in [5, 5.41) is 0. The quantitative estimate of drug-likeness (QED) is 0.292. The average molecular weight is 226 g/mol. The average Bonchev–Trinajstić information content (AvgIpc) is 2.43.